The van der Waals surface area contributed by atoms with Crippen LogP contribution < -0.4 is 11.3 Å². The largest absolute Gasteiger partial charge is 0.390 e. The van der Waals surface area contributed by atoms with Gasteiger partial charge in [-0.05, 0) is 19.4 Å². The molecule has 0 amide bonds. The molecule has 1 aliphatic rings. The highest BCUT2D eigenvalue weighted by molar-refractivity contribution is 5.87. The smallest absolute Gasteiger partial charge is 0.152 e. The number of fused-ring (bicyclic) bond motifs is 1. The van der Waals surface area contributed by atoms with Crippen LogP contribution >= 0.6 is 0 Å². The van der Waals surface area contributed by atoms with E-state index >= 15 is 0 Å². The molecule has 3 rings (SSSR count). The number of hydrazine groups is 1. The lowest BCUT2D eigenvalue weighted by atomic mass is 9.98. The van der Waals surface area contributed by atoms with Crippen molar-refractivity contribution in [2.75, 3.05) is 5.43 Å². The van der Waals surface area contributed by atoms with E-state index < -0.39 is 30.3 Å². The fourth-order valence-electron chi connectivity index (χ4n) is 3.24. The Labute approximate surface area is 132 Å². The van der Waals surface area contributed by atoms with Gasteiger partial charge in [0.05, 0.1) is 17.5 Å². The molecule has 2 aromatic rings. The van der Waals surface area contributed by atoms with Crippen LogP contribution in [0.4, 0.5) is 5.82 Å². The molecule has 1 aliphatic carbocycles. The zero-order chi connectivity index (χ0) is 16.6. The number of hydrogen-bond acceptors (Lipinski definition) is 7. The number of nitrogens with one attached hydrogen (secondary N) is 1. The molecule has 1 unspecified atom stereocenters. The molecule has 0 radical (unpaired) electrons. The average molecular weight is 317 g/mol. The molecule has 1 saturated carbocycles. The molecular formula is C15H19N5O3. The van der Waals surface area contributed by atoms with Gasteiger partial charge < -0.3 is 25.3 Å². The quantitative estimate of drug-likeness (QED) is 0.290. The number of aliphatic hydroxyl groups excluding tert-OH is 3. The molecule has 0 aromatic carbocycles. The van der Waals surface area contributed by atoms with Gasteiger partial charge in [-0.3, -0.25) is 0 Å². The van der Waals surface area contributed by atoms with Crippen LogP contribution in [0.15, 0.2) is 18.6 Å². The maximum atomic E-state index is 10.4. The van der Waals surface area contributed by atoms with Gasteiger partial charge in [-0.15, -0.1) is 5.92 Å². The lowest BCUT2D eigenvalue weighted by Gasteiger charge is -2.19. The lowest BCUT2D eigenvalue weighted by Crippen LogP contribution is -2.33. The van der Waals surface area contributed by atoms with E-state index in [1.807, 2.05) is 0 Å². The van der Waals surface area contributed by atoms with Gasteiger partial charge in [-0.25, -0.2) is 15.8 Å². The summed E-state index contributed by atoms with van der Waals surface area (Å²) in [7, 11) is 0. The Morgan fingerprint density at radius 3 is 2.87 bits per heavy atom. The molecular weight excluding hydrogens is 298 g/mol. The van der Waals surface area contributed by atoms with Crippen LogP contribution in [0, 0.1) is 17.8 Å². The summed E-state index contributed by atoms with van der Waals surface area (Å²) in [5.74, 6) is 10.7. The van der Waals surface area contributed by atoms with Crippen molar-refractivity contribution in [1.82, 2.24) is 14.5 Å². The van der Waals surface area contributed by atoms with Crippen molar-refractivity contribution in [3.05, 3.63) is 18.6 Å². The first-order chi connectivity index (χ1) is 11.1. The van der Waals surface area contributed by atoms with Crippen LogP contribution in [0.25, 0.3) is 11.0 Å². The van der Waals surface area contributed by atoms with Crippen molar-refractivity contribution in [1.29, 1.82) is 0 Å². The minimum Gasteiger partial charge on any atom is -0.390 e. The first kappa shape index (κ1) is 15.7. The number of nitrogen functional groups attached to an aromatic ring is 1. The molecule has 23 heavy (non-hydrogen) atoms. The highest BCUT2D eigenvalue weighted by Crippen LogP contribution is 2.39. The fourth-order valence-corrected chi connectivity index (χ4v) is 3.24. The van der Waals surface area contributed by atoms with Gasteiger partial charge in [0.1, 0.15) is 24.2 Å². The second kappa shape index (κ2) is 6.14. The summed E-state index contributed by atoms with van der Waals surface area (Å²) in [4.78, 5) is 8.27. The van der Waals surface area contributed by atoms with Gasteiger partial charge in [0.2, 0.25) is 0 Å². The summed E-state index contributed by atoms with van der Waals surface area (Å²) < 4.78 is 1.78. The van der Waals surface area contributed by atoms with Crippen molar-refractivity contribution in [2.45, 2.75) is 37.7 Å². The Balaban J connectivity index is 1.97. The Morgan fingerprint density at radius 2 is 2.17 bits per heavy atom. The first-order valence-corrected chi connectivity index (χ1v) is 7.33. The van der Waals surface area contributed by atoms with Gasteiger partial charge in [-0.2, -0.15) is 0 Å². The Kier molecular flexibility index (Phi) is 4.19. The Morgan fingerprint density at radius 1 is 1.39 bits per heavy atom. The highest BCUT2D eigenvalue weighted by atomic mass is 16.3. The molecule has 6 N–H and O–H groups in total. The van der Waals surface area contributed by atoms with E-state index in [0.717, 1.165) is 0 Å². The molecule has 2 aromatic heterocycles. The van der Waals surface area contributed by atoms with Crippen LogP contribution in [0.2, 0.25) is 0 Å². The molecule has 2 heterocycles. The van der Waals surface area contributed by atoms with Crippen molar-refractivity contribution >= 4 is 16.9 Å². The number of hydrogen-bond donors (Lipinski definition) is 5. The van der Waals surface area contributed by atoms with Crippen LogP contribution in [0.1, 0.15) is 19.4 Å². The molecule has 8 nitrogen and oxygen atoms in total. The third-order valence-electron chi connectivity index (χ3n) is 4.40. The summed E-state index contributed by atoms with van der Waals surface area (Å²) in [5.41, 5.74) is 3.10. The van der Waals surface area contributed by atoms with Crippen LogP contribution in [0.3, 0.4) is 0 Å². The molecule has 122 valence electrons. The molecule has 0 spiro atoms. The predicted molar refractivity (Wildman–Crippen MR) is 84.0 cm³/mol. The molecule has 8 heteroatoms. The maximum Gasteiger partial charge on any atom is 0.152 e. The van der Waals surface area contributed by atoms with E-state index in [0.29, 0.717) is 23.3 Å². The summed E-state index contributed by atoms with van der Waals surface area (Å²) in [6.45, 7) is 1.62. The number of aromatic nitrogens is 3. The van der Waals surface area contributed by atoms with Crippen molar-refractivity contribution in [3.63, 3.8) is 0 Å². The van der Waals surface area contributed by atoms with E-state index in [-0.39, 0.29) is 0 Å². The summed E-state index contributed by atoms with van der Waals surface area (Å²) in [6, 6.07) is 1.38. The van der Waals surface area contributed by atoms with Crippen LogP contribution in [0.5, 0.6) is 0 Å². The third-order valence-corrected chi connectivity index (χ3v) is 4.40. The minimum absolute atomic E-state index is 0.386. The second-order valence-electron chi connectivity index (χ2n) is 5.61. The zero-order valence-corrected chi connectivity index (χ0v) is 12.6. The van der Waals surface area contributed by atoms with E-state index in [4.69, 9.17) is 5.84 Å². The lowest BCUT2D eigenvalue weighted by molar-refractivity contribution is -0.0138. The summed E-state index contributed by atoms with van der Waals surface area (Å²) in [6.07, 6.45) is 0.474. The monoisotopic (exact) mass is 317 g/mol. The Bertz CT molecular complexity index is 765. The van der Waals surface area contributed by atoms with Gasteiger partial charge in [0, 0.05) is 12.1 Å². The van der Waals surface area contributed by atoms with Gasteiger partial charge in [0.15, 0.2) is 5.82 Å². The predicted octanol–water partition coefficient (Wildman–Crippen LogP) is -0.616. The maximum absolute atomic E-state index is 10.4. The van der Waals surface area contributed by atoms with E-state index in [9.17, 15) is 15.3 Å². The molecule has 5 atom stereocenters. The van der Waals surface area contributed by atoms with Gasteiger partial charge in [-0.1, -0.05) is 5.92 Å². The average Bonchev–Trinajstić information content (AvgIpc) is 3.10. The van der Waals surface area contributed by atoms with Gasteiger partial charge >= 0.3 is 0 Å². The van der Waals surface area contributed by atoms with Crippen molar-refractivity contribution in [3.8, 4) is 11.8 Å². The first-order valence-electron chi connectivity index (χ1n) is 7.33. The molecule has 0 aliphatic heterocycles. The van der Waals surface area contributed by atoms with Crippen LogP contribution in [-0.4, -0.2) is 48.2 Å². The summed E-state index contributed by atoms with van der Waals surface area (Å²) in [5, 5.41) is 31.4. The van der Waals surface area contributed by atoms with Crippen LogP contribution in [-0.2, 0) is 0 Å². The number of aliphatic hydroxyl groups is 3. The van der Waals surface area contributed by atoms with E-state index in [2.05, 4.69) is 27.2 Å². The normalized spacial score (nSPS) is 28.4. The molecule has 0 saturated heterocycles. The second-order valence-corrected chi connectivity index (χ2v) is 5.61. The number of rotatable bonds is 3. The third kappa shape index (κ3) is 2.54. The van der Waals surface area contributed by atoms with Gasteiger partial charge in [0.25, 0.3) is 0 Å². The number of nitrogens with zero attached hydrogens (tertiary/aromatic N) is 3. The number of nitrogens with two attached hydrogens (primary N) is 1. The summed E-state index contributed by atoms with van der Waals surface area (Å²) >= 11 is 0. The van der Waals surface area contributed by atoms with Crippen molar-refractivity contribution in [2.24, 2.45) is 11.8 Å². The van der Waals surface area contributed by atoms with E-state index in [1.54, 1.807) is 23.8 Å². The minimum atomic E-state index is -1.05. The SMILES string of the molecule is CC#CC(O)[C@H]1C[C@@H](n2ccc3c(NN)ncnc32)[C@H](O)[C@@H]1O. The highest BCUT2D eigenvalue weighted by Gasteiger charge is 2.45. The molecule has 0 bridgehead atoms. The van der Waals surface area contributed by atoms with E-state index in [1.165, 1.54) is 6.33 Å². The van der Waals surface area contributed by atoms with Crippen molar-refractivity contribution < 1.29 is 15.3 Å². The number of anilines is 1. The zero-order valence-electron chi connectivity index (χ0n) is 12.6. The topological polar surface area (TPSA) is 129 Å². The molecule has 1 fully saturated rings. The Hall–Kier alpha value is -2.18. The standard InChI is InChI=1S/C15H19N5O3/c1-2-3-11(21)9-6-10(13(23)12(9)22)20-5-4-8-14(19-16)17-7-18-15(8)20/h4-5,7,9-13,21-23H,6,16H2,1H3,(H,17,18,19)/t9-,10-,11?,12-,13+/m1/s1. The fraction of sp³-hybridized carbons (Fsp3) is 0.467.